The number of fused-ring (bicyclic) bond motifs is 1. The Balaban J connectivity index is 0.00000176. The molecule has 0 saturated carbocycles. The fourth-order valence-corrected chi connectivity index (χ4v) is 2.96. The van der Waals surface area contributed by atoms with Gasteiger partial charge in [-0.3, -0.25) is 4.79 Å². The molecule has 0 bridgehead atoms. The second-order valence-electron chi connectivity index (χ2n) is 6.14. The average molecular weight is 372 g/mol. The van der Waals surface area contributed by atoms with Gasteiger partial charge in [0.25, 0.3) is 5.91 Å². The van der Waals surface area contributed by atoms with Crippen molar-refractivity contribution in [1.82, 2.24) is 10.3 Å². The molecule has 1 unspecified atom stereocenters. The second-order valence-corrected chi connectivity index (χ2v) is 6.14. The van der Waals surface area contributed by atoms with Gasteiger partial charge >= 0.3 is 0 Å². The standard InChI is InChI=1S/C20H28FN3O.C2H2/c1-4-8-16(21)9-7-10-18-17-14-15(11-12-19(17)23-22-18)20(25)24(6-3)13-5-2;1-2/h7-9,11-12,14,18,22-23H,4-6,10,13H2,1-3H3;1-2H/b9-7-,16-8+;. The van der Waals surface area contributed by atoms with Crippen LogP contribution in [-0.4, -0.2) is 23.9 Å². The van der Waals surface area contributed by atoms with Gasteiger partial charge in [-0.1, -0.05) is 19.9 Å². The summed E-state index contributed by atoms with van der Waals surface area (Å²) in [6.07, 6.45) is 15.1. The number of halogens is 1. The van der Waals surface area contributed by atoms with Crippen LogP contribution in [0.3, 0.4) is 0 Å². The molecule has 0 saturated heterocycles. The summed E-state index contributed by atoms with van der Waals surface area (Å²) in [5.74, 6) is -0.152. The van der Waals surface area contributed by atoms with Crippen LogP contribution in [0.2, 0.25) is 0 Å². The summed E-state index contributed by atoms with van der Waals surface area (Å²) >= 11 is 0. The Bertz CT molecular complexity index is 694. The minimum absolute atomic E-state index is 0.0229. The first-order chi connectivity index (χ1) is 13.1. The maximum atomic E-state index is 13.4. The monoisotopic (exact) mass is 371 g/mol. The van der Waals surface area contributed by atoms with Crippen LogP contribution in [0.15, 0.2) is 42.3 Å². The smallest absolute Gasteiger partial charge is 0.253 e. The Morgan fingerprint density at radius 2 is 2.04 bits per heavy atom. The molecule has 27 heavy (non-hydrogen) atoms. The fourth-order valence-electron chi connectivity index (χ4n) is 2.96. The first-order valence-corrected chi connectivity index (χ1v) is 9.40. The van der Waals surface area contributed by atoms with Crippen LogP contribution in [0, 0.1) is 12.8 Å². The van der Waals surface area contributed by atoms with Crippen molar-refractivity contribution in [2.24, 2.45) is 0 Å². The first-order valence-electron chi connectivity index (χ1n) is 9.40. The SMILES string of the molecule is C#C.CC/C=C(F)\C=C/CC1NNc2ccc(C(=O)N(CC)CCC)cc21. The van der Waals surface area contributed by atoms with E-state index in [-0.39, 0.29) is 17.8 Å². The highest BCUT2D eigenvalue weighted by Gasteiger charge is 2.23. The molecule has 1 aliphatic rings. The third-order valence-electron chi connectivity index (χ3n) is 4.27. The number of terminal acetylenes is 1. The number of allylic oxidation sites excluding steroid dienone is 3. The number of rotatable bonds is 8. The van der Waals surface area contributed by atoms with E-state index >= 15 is 0 Å². The zero-order valence-electron chi connectivity index (χ0n) is 16.5. The predicted octanol–water partition coefficient (Wildman–Crippen LogP) is 4.99. The molecule has 2 N–H and O–H groups in total. The molecule has 0 aromatic heterocycles. The molecule has 146 valence electrons. The Kier molecular flexibility index (Phi) is 9.92. The lowest BCUT2D eigenvalue weighted by Crippen LogP contribution is -2.31. The number of nitrogens with zero attached hydrogens (tertiary/aromatic N) is 1. The summed E-state index contributed by atoms with van der Waals surface area (Å²) in [6, 6.07) is 5.75. The number of nitrogens with one attached hydrogen (secondary N) is 2. The molecule has 1 atom stereocenters. The number of anilines is 1. The van der Waals surface area contributed by atoms with Gasteiger partial charge < -0.3 is 10.3 Å². The van der Waals surface area contributed by atoms with Crippen molar-refractivity contribution in [3.8, 4) is 12.8 Å². The maximum Gasteiger partial charge on any atom is 0.253 e. The zero-order valence-corrected chi connectivity index (χ0v) is 16.5. The molecular formula is C22H30FN3O. The van der Waals surface area contributed by atoms with Crippen molar-refractivity contribution >= 4 is 11.6 Å². The normalized spacial score (nSPS) is 15.6. The molecule has 0 spiro atoms. The van der Waals surface area contributed by atoms with Crippen LogP contribution in [-0.2, 0) is 0 Å². The van der Waals surface area contributed by atoms with E-state index in [0.29, 0.717) is 24.9 Å². The number of hydrazine groups is 1. The highest BCUT2D eigenvalue weighted by Crippen LogP contribution is 2.32. The largest absolute Gasteiger partial charge is 0.339 e. The van der Waals surface area contributed by atoms with Crippen molar-refractivity contribution < 1.29 is 9.18 Å². The fraction of sp³-hybridized carbons (Fsp3) is 0.409. The lowest BCUT2D eigenvalue weighted by atomic mass is 10.0. The average Bonchev–Trinajstić information content (AvgIpc) is 3.09. The lowest BCUT2D eigenvalue weighted by Gasteiger charge is -2.20. The van der Waals surface area contributed by atoms with Gasteiger partial charge in [0, 0.05) is 18.7 Å². The van der Waals surface area contributed by atoms with Gasteiger partial charge in [-0.05, 0) is 62.1 Å². The summed E-state index contributed by atoms with van der Waals surface area (Å²) in [5.41, 5.74) is 9.04. The van der Waals surface area contributed by atoms with Gasteiger partial charge in [0.1, 0.15) is 5.83 Å². The van der Waals surface area contributed by atoms with Crippen LogP contribution >= 0.6 is 0 Å². The number of hydrogen-bond acceptors (Lipinski definition) is 3. The van der Waals surface area contributed by atoms with Gasteiger partial charge in [-0.25, -0.2) is 9.82 Å². The minimum atomic E-state index is -0.212. The number of hydrogen-bond donors (Lipinski definition) is 2. The molecule has 1 aromatic rings. The Labute approximate surface area is 162 Å². The van der Waals surface area contributed by atoms with Crippen LogP contribution in [0.4, 0.5) is 10.1 Å². The third kappa shape index (κ3) is 6.26. The zero-order chi connectivity index (χ0) is 20.2. The maximum absolute atomic E-state index is 13.4. The Morgan fingerprint density at radius 1 is 1.30 bits per heavy atom. The van der Waals surface area contributed by atoms with E-state index in [1.165, 1.54) is 6.08 Å². The van der Waals surface area contributed by atoms with Crippen LogP contribution in [0.5, 0.6) is 0 Å². The van der Waals surface area contributed by atoms with E-state index in [0.717, 1.165) is 24.2 Å². The van der Waals surface area contributed by atoms with E-state index in [9.17, 15) is 9.18 Å². The second kappa shape index (κ2) is 11.9. The van der Waals surface area contributed by atoms with Gasteiger partial charge in [0.15, 0.2) is 0 Å². The van der Waals surface area contributed by atoms with Crippen molar-refractivity contribution in [3.05, 3.63) is 53.4 Å². The summed E-state index contributed by atoms with van der Waals surface area (Å²) in [7, 11) is 0. The summed E-state index contributed by atoms with van der Waals surface area (Å²) in [4.78, 5) is 14.5. The molecule has 2 rings (SSSR count). The molecule has 1 heterocycles. The molecular weight excluding hydrogens is 341 g/mol. The predicted molar refractivity (Wildman–Crippen MR) is 111 cm³/mol. The summed E-state index contributed by atoms with van der Waals surface area (Å²) in [6.45, 7) is 7.44. The van der Waals surface area contributed by atoms with Gasteiger partial charge in [-0.15, -0.1) is 12.8 Å². The Morgan fingerprint density at radius 3 is 2.67 bits per heavy atom. The highest BCUT2D eigenvalue weighted by molar-refractivity contribution is 5.95. The van der Waals surface area contributed by atoms with Gasteiger partial charge in [0.2, 0.25) is 0 Å². The van der Waals surface area contributed by atoms with Crippen molar-refractivity contribution in [1.29, 1.82) is 0 Å². The molecule has 1 amide bonds. The Hall–Kier alpha value is -2.58. The molecule has 0 aliphatic carbocycles. The molecule has 0 radical (unpaired) electrons. The van der Waals surface area contributed by atoms with E-state index in [1.54, 1.807) is 6.08 Å². The highest BCUT2D eigenvalue weighted by atomic mass is 19.1. The van der Waals surface area contributed by atoms with Crippen LogP contribution < -0.4 is 10.9 Å². The third-order valence-corrected chi connectivity index (χ3v) is 4.27. The number of benzene rings is 1. The van der Waals surface area contributed by atoms with E-state index in [2.05, 4.69) is 30.6 Å². The van der Waals surface area contributed by atoms with Crippen molar-refractivity contribution in [2.75, 3.05) is 18.5 Å². The van der Waals surface area contributed by atoms with Crippen molar-refractivity contribution in [2.45, 2.75) is 46.1 Å². The van der Waals surface area contributed by atoms with E-state index < -0.39 is 0 Å². The molecule has 1 aromatic carbocycles. The number of carbonyl (C=O) groups excluding carboxylic acids is 1. The first kappa shape index (κ1) is 22.5. The summed E-state index contributed by atoms with van der Waals surface area (Å²) in [5, 5.41) is 0. The minimum Gasteiger partial charge on any atom is -0.339 e. The lowest BCUT2D eigenvalue weighted by molar-refractivity contribution is 0.0764. The summed E-state index contributed by atoms with van der Waals surface area (Å²) < 4.78 is 13.4. The van der Waals surface area contributed by atoms with Crippen LogP contribution in [0.25, 0.3) is 0 Å². The molecule has 1 aliphatic heterocycles. The molecule has 4 nitrogen and oxygen atoms in total. The number of amides is 1. The van der Waals surface area contributed by atoms with Crippen molar-refractivity contribution in [3.63, 3.8) is 0 Å². The topological polar surface area (TPSA) is 44.4 Å². The molecule has 5 heteroatoms. The quantitative estimate of drug-likeness (QED) is 0.500. The number of carbonyl (C=O) groups is 1. The van der Waals surface area contributed by atoms with Gasteiger partial charge in [0.05, 0.1) is 11.7 Å². The molecule has 0 fully saturated rings. The van der Waals surface area contributed by atoms with Crippen LogP contribution in [0.1, 0.15) is 62.0 Å². The van der Waals surface area contributed by atoms with Gasteiger partial charge in [-0.2, -0.15) is 0 Å². The van der Waals surface area contributed by atoms with E-state index in [1.807, 2.05) is 43.0 Å². The van der Waals surface area contributed by atoms with E-state index in [4.69, 9.17) is 0 Å².